The summed E-state index contributed by atoms with van der Waals surface area (Å²) in [6.07, 6.45) is 6.29. The number of hydrogen-bond donors (Lipinski definition) is 2. The van der Waals surface area contributed by atoms with Gasteiger partial charge in [0.2, 0.25) is 5.91 Å². The predicted molar refractivity (Wildman–Crippen MR) is 77.2 cm³/mol. The smallest absolute Gasteiger partial charge is 0.303 e. The number of carboxylic acids is 1. The van der Waals surface area contributed by atoms with Crippen LogP contribution in [-0.4, -0.2) is 52.5 Å². The number of amides is 1. The normalized spacial score (nSPS) is 21.2. The van der Waals surface area contributed by atoms with Crippen molar-refractivity contribution in [1.82, 2.24) is 4.90 Å². The average molecular weight is 288 g/mol. The maximum Gasteiger partial charge on any atom is 0.303 e. The van der Waals surface area contributed by atoms with Crippen molar-refractivity contribution in [1.29, 1.82) is 0 Å². The number of thioether (sulfide) groups is 1. The van der Waals surface area contributed by atoms with Gasteiger partial charge in [-0.15, -0.1) is 0 Å². The van der Waals surface area contributed by atoms with Gasteiger partial charge in [0.1, 0.15) is 0 Å². The number of carbonyl (C=O) groups excluding carboxylic acids is 1. The second-order valence-electron chi connectivity index (χ2n) is 5.00. The van der Waals surface area contributed by atoms with Crippen LogP contribution in [0.25, 0.3) is 0 Å². The minimum absolute atomic E-state index is 0.0101. The van der Waals surface area contributed by atoms with Crippen molar-refractivity contribution < 1.29 is 14.7 Å². The Morgan fingerprint density at radius 3 is 2.84 bits per heavy atom. The summed E-state index contributed by atoms with van der Waals surface area (Å²) in [5.41, 5.74) is 5.93. The van der Waals surface area contributed by atoms with E-state index in [4.69, 9.17) is 10.8 Å². The Kier molecular flexibility index (Phi) is 7.23. The van der Waals surface area contributed by atoms with Gasteiger partial charge in [0.15, 0.2) is 0 Å². The molecule has 0 radical (unpaired) electrons. The summed E-state index contributed by atoms with van der Waals surface area (Å²) < 4.78 is 0. The number of rotatable bonds is 7. The van der Waals surface area contributed by atoms with Crippen molar-refractivity contribution in [2.24, 2.45) is 5.73 Å². The number of carboxylic acid groups (broad SMARTS) is 1. The Morgan fingerprint density at radius 2 is 2.21 bits per heavy atom. The molecule has 6 heteroatoms. The highest BCUT2D eigenvalue weighted by atomic mass is 32.2. The van der Waals surface area contributed by atoms with Gasteiger partial charge >= 0.3 is 5.97 Å². The Morgan fingerprint density at radius 1 is 1.47 bits per heavy atom. The summed E-state index contributed by atoms with van der Waals surface area (Å²) in [4.78, 5) is 24.8. The number of aliphatic carboxylic acids is 1. The third-order valence-electron chi connectivity index (χ3n) is 3.55. The largest absolute Gasteiger partial charge is 0.481 e. The van der Waals surface area contributed by atoms with Crippen LogP contribution in [0.2, 0.25) is 0 Å². The first-order valence-electron chi connectivity index (χ1n) is 6.83. The molecule has 110 valence electrons. The van der Waals surface area contributed by atoms with E-state index >= 15 is 0 Å². The Labute approximate surface area is 118 Å². The number of piperidine rings is 1. The van der Waals surface area contributed by atoms with Gasteiger partial charge < -0.3 is 15.7 Å². The molecule has 3 N–H and O–H groups in total. The fourth-order valence-electron chi connectivity index (χ4n) is 2.46. The number of likely N-dealkylation sites (tertiary alicyclic amines) is 1. The van der Waals surface area contributed by atoms with Gasteiger partial charge in [0, 0.05) is 19.0 Å². The summed E-state index contributed by atoms with van der Waals surface area (Å²) >= 11 is 1.68. The van der Waals surface area contributed by atoms with Gasteiger partial charge in [-0.2, -0.15) is 11.8 Å². The Hall–Kier alpha value is -0.750. The van der Waals surface area contributed by atoms with Crippen LogP contribution in [0, 0.1) is 0 Å². The molecule has 0 spiro atoms. The lowest BCUT2D eigenvalue weighted by Gasteiger charge is -2.37. The molecule has 0 saturated carbocycles. The molecular weight excluding hydrogens is 264 g/mol. The van der Waals surface area contributed by atoms with E-state index < -0.39 is 12.0 Å². The molecule has 5 nitrogen and oxygen atoms in total. The lowest BCUT2D eigenvalue weighted by Crippen LogP contribution is -2.51. The molecular formula is C13H24N2O3S. The van der Waals surface area contributed by atoms with Crippen LogP contribution < -0.4 is 5.73 Å². The van der Waals surface area contributed by atoms with E-state index in [1.165, 1.54) is 0 Å². The predicted octanol–water partition coefficient (Wildman–Crippen LogP) is 1.31. The van der Waals surface area contributed by atoms with Crippen LogP contribution in [0.4, 0.5) is 0 Å². The van der Waals surface area contributed by atoms with Gasteiger partial charge in [-0.3, -0.25) is 9.59 Å². The van der Waals surface area contributed by atoms with Crippen molar-refractivity contribution in [2.75, 3.05) is 18.6 Å². The first-order valence-corrected chi connectivity index (χ1v) is 8.22. The molecule has 2 atom stereocenters. The molecule has 1 aliphatic heterocycles. The van der Waals surface area contributed by atoms with Crippen molar-refractivity contribution in [2.45, 2.75) is 50.6 Å². The van der Waals surface area contributed by atoms with Gasteiger partial charge in [0.25, 0.3) is 0 Å². The summed E-state index contributed by atoms with van der Waals surface area (Å²) in [5, 5.41) is 8.76. The first kappa shape index (κ1) is 16.3. The molecule has 1 heterocycles. The highest BCUT2D eigenvalue weighted by Gasteiger charge is 2.29. The van der Waals surface area contributed by atoms with E-state index in [0.29, 0.717) is 12.8 Å². The molecule has 1 rings (SSSR count). The lowest BCUT2D eigenvalue weighted by molar-refractivity contribution is -0.140. The topological polar surface area (TPSA) is 83.6 Å². The van der Waals surface area contributed by atoms with Crippen molar-refractivity contribution in [3.63, 3.8) is 0 Å². The maximum atomic E-state index is 12.3. The quantitative estimate of drug-likeness (QED) is 0.738. The number of hydrogen-bond acceptors (Lipinski definition) is 4. The van der Waals surface area contributed by atoms with Crippen LogP contribution in [-0.2, 0) is 9.59 Å². The Balaban J connectivity index is 2.54. The molecule has 1 aliphatic rings. The van der Waals surface area contributed by atoms with Crippen LogP contribution in [0.1, 0.15) is 38.5 Å². The Bertz CT molecular complexity index is 312. The summed E-state index contributed by atoms with van der Waals surface area (Å²) in [5.74, 6) is 0.0642. The van der Waals surface area contributed by atoms with E-state index in [9.17, 15) is 9.59 Å². The number of nitrogens with zero attached hydrogens (tertiary/aromatic N) is 1. The standard InChI is InChI=1S/C13H24N2O3S/c1-19-9-7-11(14)13(18)15-8-3-2-4-10(15)5-6-12(16)17/h10-11H,2-9,14H2,1H3,(H,16,17)/t10?,11-/m1/s1. The third-order valence-corrected chi connectivity index (χ3v) is 4.20. The first-order chi connectivity index (χ1) is 9.06. The monoisotopic (exact) mass is 288 g/mol. The zero-order valence-electron chi connectivity index (χ0n) is 11.5. The summed E-state index contributed by atoms with van der Waals surface area (Å²) in [6, 6.07) is -0.393. The second-order valence-corrected chi connectivity index (χ2v) is 5.99. The van der Waals surface area contributed by atoms with Crippen LogP contribution in [0.15, 0.2) is 0 Å². The van der Waals surface area contributed by atoms with Crippen molar-refractivity contribution in [3.8, 4) is 0 Å². The highest BCUT2D eigenvalue weighted by Crippen LogP contribution is 2.22. The second kappa shape index (κ2) is 8.43. The van der Waals surface area contributed by atoms with Crippen molar-refractivity contribution in [3.05, 3.63) is 0 Å². The molecule has 1 fully saturated rings. The molecule has 19 heavy (non-hydrogen) atoms. The molecule has 1 unspecified atom stereocenters. The summed E-state index contributed by atoms with van der Waals surface area (Å²) in [6.45, 7) is 0.718. The van der Waals surface area contributed by atoms with E-state index in [2.05, 4.69) is 0 Å². The lowest BCUT2D eigenvalue weighted by atomic mass is 9.97. The third kappa shape index (κ3) is 5.40. The minimum Gasteiger partial charge on any atom is -0.481 e. The molecule has 0 aliphatic carbocycles. The van der Waals surface area contributed by atoms with E-state index in [1.54, 1.807) is 11.8 Å². The molecule has 1 amide bonds. The fraction of sp³-hybridized carbons (Fsp3) is 0.846. The molecule has 0 aromatic heterocycles. The minimum atomic E-state index is -0.801. The molecule has 0 aromatic rings. The van der Waals surface area contributed by atoms with E-state index in [1.807, 2.05) is 11.2 Å². The van der Waals surface area contributed by atoms with E-state index in [-0.39, 0.29) is 18.4 Å². The van der Waals surface area contributed by atoms with Crippen molar-refractivity contribution >= 4 is 23.6 Å². The fourth-order valence-corrected chi connectivity index (χ4v) is 2.95. The number of nitrogens with two attached hydrogens (primary N) is 1. The molecule has 0 aromatic carbocycles. The van der Waals surface area contributed by atoms with Gasteiger partial charge in [-0.1, -0.05) is 0 Å². The number of carbonyl (C=O) groups is 2. The van der Waals surface area contributed by atoms with Gasteiger partial charge in [-0.25, -0.2) is 0 Å². The molecule has 0 bridgehead atoms. The van der Waals surface area contributed by atoms with E-state index in [0.717, 1.165) is 31.6 Å². The maximum absolute atomic E-state index is 12.3. The summed E-state index contributed by atoms with van der Waals surface area (Å²) in [7, 11) is 0. The van der Waals surface area contributed by atoms with Gasteiger partial charge in [0.05, 0.1) is 6.04 Å². The SMILES string of the molecule is CSCC[C@@H](N)C(=O)N1CCCCC1CCC(=O)O. The average Bonchev–Trinajstić information content (AvgIpc) is 2.42. The zero-order chi connectivity index (χ0) is 14.3. The van der Waals surface area contributed by atoms with Crippen LogP contribution >= 0.6 is 11.8 Å². The zero-order valence-corrected chi connectivity index (χ0v) is 12.3. The molecule has 1 saturated heterocycles. The van der Waals surface area contributed by atoms with Crippen LogP contribution in [0.5, 0.6) is 0 Å². The van der Waals surface area contributed by atoms with Gasteiger partial charge in [-0.05, 0) is 44.1 Å². The highest BCUT2D eigenvalue weighted by molar-refractivity contribution is 7.98. The van der Waals surface area contributed by atoms with Crippen LogP contribution in [0.3, 0.4) is 0 Å².